The summed E-state index contributed by atoms with van der Waals surface area (Å²) in [6, 6.07) is 17.3. The molecule has 25 heavy (non-hydrogen) atoms. The van der Waals surface area contributed by atoms with Gasteiger partial charge in [-0.1, -0.05) is 41.4 Å². The fourth-order valence-electron chi connectivity index (χ4n) is 2.65. The summed E-state index contributed by atoms with van der Waals surface area (Å²) in [6.45, 7) is 1.48. The number of hydrogen-bond acceptors (Lipinski definition) is 3. The second-order valence-corrected chi connectivity index (χ2v) is 6.47. The molecule has 3 nitrogen and oxygen atoms in total. The van der Waals surface area contributed by atoms with Crippen molar-refractivity contribution in [1.29, 1.82) is 0 Å². The highest BCUT2D eigenvalue weighted by Crippen LogP contribution is 2.31. The van der Waals surface area contributed by atoms with E-state index in [1.165, 1.54) is 5.56 Å². The number of methoxy groups -OCH3 is 1. The minimum Gasteiger partial charge on any atom is -0.496 e. The van der Waals surface area contributed by atoms with Gasteiger partial charge in [0.1, 0.15) is 17.3 Å². The second kappa shape index (κ2) is 8.43. The normalized spacial score (nSPS) is 10.8. The molecule has 3 aromatic rings. The number of nitrogens with one attached hydrogen (secondary N) is 1. The van der Waals surface area contributed by atoms with E-state index in [0.717, 1.165) is 35.8 Å². The van der Waals surface area contributed by atoms with E-state index in [9.17, 15) is 0 Å². The van der Waals surface area contributed by atoms with Crippen molar-refractivity contribution < 1.29 is 9.15 Å². The minimum atomic E-state index is 0.581. The van der Waals surface area contributed by atoms with Crippen molar-refractivity contribution in [3.05, 3.63) is 76.0 Å². The van der Waals surface area contributed by atoms with E-state index in [1.54, 1.807) is 19.2 Å². The molecule has 0 atom stereocenters. The van der Waals surface area contributed by atoms with Crippen molar-refractivity contribution >= 4 is 23.2 Å². The van der Waals surface area contributed by atoms with Gasteiger partial charge in [0, 0.05) is 10.6 Å². The number of rotatable bonds is 7. The maximum absolute atomic E-state index is 6.22. The van der Waals surface area contributed by atoms with Gasteiger partial charge < -0.3 is 14.5 Å². The molecule has 5 heteroatoms. The number of hydrogen-bond donors (Lipinski definition) is 1. The maximum atomic E-state index is 6.22. The molecule has 0 radical (unpaired) electrons. The molecule has 0 fully saturated rings. The van der Waals surface area contributed by atoms with Crippen molar-refractivity contribution in [1.82, 2.24) is 5.32 Å². The van der Waals surface area contributed by atoms with E-state index in [4.69, 9.17) is 32.4 Å². The second-order valence-electron chi connectivity index (χ2n) is 5.63. The number of benzene rings is 2. The van der Waals surface area contributed by atoms with Crippen LogP contribution in [0.1, 0.15) is 11.3 Å². The molecule has 0 bridgehead atoms. The fourth-order valence-corrected chi connectivity index (χ4v) is 3.15. The summed E-state index contributed by atoms with van der Waals surface area (Å²) >= 11 is 12.2. The third-order valence-electron chi connectivity index (χ3n) is 3.92. The van der Waals surface area contributed by atoms with Crippen molar-refractivity contribution in [2.24, 2.45) is 0 Å². The highest BCUT2D eigenvalue weighted by molar-refractivity contribution is 6.36. The van der Waals surface area contributed by atoms with Gasteiger partial charge in [-0.25, -0.2) is 0 Å². The predicted molar refractivity (Wildman–Crippen MR) is 103 cm³/mol. The van der Waals surface area contributed by atoms with Crippen LogP contribution < -0.4 is 10.1 Å². The molecule has 0 saturated heterocycles. The Labute approximate surface area is 157 Å². The van der Waals surface area contributed by atoms with E-state index in [0.29, 0.717) is 16.6 Å². The smallest absolute Gasteiger partial charge is 0.135 e. The summed E-state index contributed by atoms with van der Waals surface area (Å²) < 4.78 is 11.2. The summed E-state index contributed by atoms with van der Waals surface area (Å²) in [5.41, 5.74) is 2.02. The van der Waals surface area contributed by atoms with Gasteiger partial charge in [0.2, 0.25) is 0 Å². The highest BCUT2D eigenvalue weighted by atomic mass is 35.5. The third kappa shape index (κ3) is 4.57. The number of para-hydroxylation sites is 1. The Morgan fingerprint density at radius 1 is 1.04 bits per heavy atom. The van der Waals surface area contributed by atoms with Crippen LogP contribution in [0.4, 0.5) is 0 Å². The van der Waals surface area contributed by atoms with Gasteiger partial charge in [0.15, 0.2) is 0 Å². The summed E-state index contributed by atoms with van der Waals surface area (Å²) in [5, 5.41) is 4.58. The zero-order valence-corrected chi connectivity index (χ0v) is 15.4. The lowest BCUT2D eigenvalue weighted by molar-refractivity contribution is 0.408. The highest BCUT2D eigenvalue weighted by Gasteiger charge is 2.09. The van der Waals surface area contributed by atoms with Crippen LogP contribution in [-0.4, -0.2) is 13.7 Å². The fraction of sp³-hybridized carbons (Fsp3) is 0.200. The van der Waals surface area contributed by atoms with E-state index in [2.05, 4.69) is 11.4 Å². The monoisotopic (exact) mass is 375 g/mol. The molecular weight excluding hydrogens is 357 g/mol. The quantitative estimate of drug-likeness (QED) is 0.546. The van der Waals surface area contributed by atoms with Gasteiger partial charge in [-0.15, -0.1) is 0 Å². The van der Waals surface area contributed by atoms with Gasteiger partial charge in [0.25, 0.3) is 0 Å². The maximum Gasteiger partial charge on any atom is 0.135 e. The first-order valence-corrected chi connectivity index (χ1v) is 8.79. The summed E-state index contributed by atoms with van der Waals surface area (Å²) in [4.78, 5) is 0. The van der Waals surface area contributed by atoms with Gasteiger partial charge in [-0.3, -0.25) is 0 Å². The Bertz CT molecular complexity index is 845. The van der Waals surface area contributed by atoms with Gasteiger partial charge in [0.05, 0.1) is 18.7 Å². The topological polar surface area (TPSA) is 34.4 Å². The van der Waals surface area contributed by atoms with Crippen molar-refractivity contribution in [3.8, 4) is 17.1 Å². The van der Waals surface area contributed by atoms with Crippen molar-refractivity contribution in [2.75, 3.05) is 13.7 Å². The van der Waals surface area contributed by atoms with E-state index in [-0.39, 0.29) is 0 Å². The largest absolute Gasteiger partial charge is 0.496 e. The van der Waals surface area contributed by atoms with E-state index < -0.39 is 0 Å². The van der Waals surface area contributed by atoms with Crippen LogP contribution in [-0.2, 0) is 13.0 Å². The average molecular weight is 376 g/mol. The first-order valence-electron chi connectivity index (χ1n) is 8.04. The lowest BCUT2D eigenvalue weighted by atomic mass is 10.1. The zero-order valence-electron chi connectivity index (χ0n) is 13.9. The molecule has 0 aliphatic rings. The number of ether oxygens (including phenoxy) is 1. The molecule has 0 saturated carbocycles. The summed E-state index contributed by atoms with van der Waals surface area (Å²) in [7, 11) is 1.69. The minimum absolute atomic E-state index is 0.581. The Hall–Kier alpha value is -1.94. The van der Waals surface area contributed by atoms with E-state index in [1.807, 2.05) is 36.4 Å². The van der Waals surface area contributed by atoms with Crippen LogP contribution >= 0.6 is 23.2 Å². The first kappa shape index (κ1) is 17.9. The summed E-state index contributed by atoms with van der Waals surface area (Å²) in [5.74, 6) is 2.52. The third-order valence-corrected chi connectivity index (χ3v) is 4.47. The van der Waals surface area contributed by atoms with Crippen LogP contribution in [0, 0.1) is 0 Å². The van der Waals surface area contributed by atoms with Crippen molar-refractivity contribution in [2.45, 2.75) is 13.0 Å². The van der Waals surface area contributed by atoms with Crippen molar-refractivity contribution in [3.63, 3.8) is 0 Å². The summed E-state index contributed by atoms with van der Waals surface area (Å²) in [6.07, 6.45) is 0.889. The Balaban J connectivity index is 1.55. The zero-order chi connectivity index (χ0) is 17.6. The molecule has 0 spiro atoms. The number of furan rings is 1. The van der Waals surface area contributed by atoms with Gasteiger partial charge in [-0.05, 0) is 54.9 Å². The van der Waals surface area contributed by atoms with Crippen LogP contribution in [0.5, 0.6) is 5.75 Å². The molecule has 1 N–H and O–H groups in total. The SMILES string of the molecule is COc1ccccc1CCNCc1ccc(-c2ccc(Cl)cc2Cl)o1. The molecule has 1 aromatic heterocycles. The van der Waals surface area contributed by atoms with Crippen LogP contribution in [0.25, 0.3) is 11.3 Å². The molecule has 0 amide bonds. The molecule has 0 unspecified atom stereocenters. The van der Waals surface area contributed by atoms with Gasteiger partial charge >= 0.3 is 0 Å². The lowest BCUT2D eigenvalue weighted by Crippen LogP contribution is -2.16. The Morgan fingerprint density at radius 2 is 1.88 bits per heavy atom. The number of halogens is 2. The Kier molecular flexibility index (Phi) is 6.03. The van der Waals surface area contributed by atoms with Crippen LogP contribution in [0.15, 0.2) is 59.0 Å². The molecule has 130 valence electrons. The predicted octanol–water partition coefficient (Wildman–Crippen LogP) is 5.59. The van der Waals surface area contributed by atoms with Crippen LogP contribution in [0.3, 0.4) is 0 Å². The molecular formula is C20H19Cl2NO2. The average Bonchev–Trinajstić information content (AvgIpc) is 3.07. The molecule has 1 heterocycles. The standard InChI is InChI=1S/C20H19Cl2NO2/c1-24-19-5-3-2-4-14(19)10-11-23-13-16-7-9-20(25-16)17-8-6-15(21)12-18(17)22/h2-9,12,23H,10-11,13H2,1H3. The molecule has 3 rings (SSSR count). The van der Waals surface area contributed by atoms with Gasteiger partial charge in [-0.2, -0.15) is 0 Å². The van der Waals surface area contributed by atoms with Crippen LogP contribution in [0.2, 0.25) is 10.0 Å². The molecule has 0 aliphatic carbocycles. The van der Waals surface area contributed by atoms with E-state index >= 15 is 0 Å². The lowest BCUT2D eigenvalue weighted by Gasteiger charge is -2.08. The molecule has 0 aliphatic heterocycles. The first-order chi connectivity index (χ1) is 12.2. The Morgan fingerprint density at radius 3 is 2.68 bits per heavy atom. The molecule has 2 aromatic carbocycles.